The molecule has 0 radical (unpaired) electrons. The molecule has 166 valence electrons. The Bertz CT molecular complexity index is 963. The third-order valence-corrected chi connectivity index (χ3v) is 5.93. The summed E-state index contributed by atoms with van der Waals surface area (Å²) >= 11 is 0. The minimum atomic E-state index is -0.364. The van der Waals surface area contributed by atoms with Gasteiger partial charge in [0.2, 0.25) is 5.91 Å². The van der Waals surface area contributed by atoms with Gasteiger partial charge < -0.3 is 15.0 Å². The Kier molecular flexibility index (Phi) is 6.50. The van der Waals surface area contributed by atoms with Gasteiger partial charge in [-0.15, -0.1) is 0 Å². The average Bonchev–Trinajstić information content (AvgIpc) is 3.22. The van der Waals surface area contributed by atoms with Crippen LogP contribution < -0.4 is 16.2 Å². The quantitative estimate of drug-likeness (QED) is 0.674. The topological polar surface area (TPSA) is 95.6 Å². The lowest BCUT2D eigenvalue weighted by Gasteiger charge is -2.34. The van der Waals surface area contributed by atoms with Gasteiger partial charge in [-0.25, -0.2) is 4.98 Å². The molecule has 2 aliphatic rings. The molecular formula is C23H31N5O3. The molecule has 4 rings (SSSR count). The van der Waals surface area contributed by atoms with Gasteiger partial charge in [0, 0.05) is 31.1 Å². The van der Waals surface area contributed by atoms with Crippen molar-refractivity contribution in [1.82, 2.24) is 26.1 Å². The van der Waals surface area contributed by atoms with Crippen LogP contribution in [0, 0.1) is 11.8 Å². The number of nitrogens with zero attached hydrogens (tertiary/aromatic N) is 2. The van der Waals surface area contributed by atoms with Crippen LogP contribution in [0.5, 0.6) is 0 Å². The number of morpholine rings is 1. The van der Waals surface area contributed by atoms with Crippen molar-refractivity contribution < 1.29 is 14.3 Å². The number of rotatable bonds is 5. The summed E-state index contributed by atoms with van der Waals surface area (Å²) in [5.74, 6) is 0.267. The van der Waals surface area contributed by atoms with Crippen molar-refractivity contribution in [1.29, 1.82) is 0 Å². The lowest BCUT2D eigenvalue weighted by molar-refractivity contribution is -0.143. The van der Waals surface area contributed by atoms with Crippen molar-refractivity contribution in [2.24, 2.45) is 11.8 Å². The molecule has 0 spiro atoms. The maximum Gasteiger partial charge on any atom is 0.252 e. The molecule has 1 aromatic carbocycles. The van der Waals surface area contributed by atoms with Gasteiger partial charge in [0.15, 0.2) is 0 Å². The Hall–Kier alpha value is -2.55. The second-order valence-corrected chi connectivity index (χ2v) is 8.78. The first kappa shape index (κ1) is 21.7. The molecule has 8 heteroatoms. The van der Waals surface area contributed by atoms with Crippen LogP contribution in [0.3, 0.4) is 0 Å². The van der Waals surface area contributed by atoms with Crippen LogP contribution in [-0.2, 0) is 9.53 Å². The first-order chi connectivity index (χ1) is 14.9. The van der Waals surface area contributed by atoms with Crippen molar-refractivity contribution in [3.8, 4) is 0 Å². The van der Waals surface area contributed by atoms with Crippen LogP contribution in [0.15, 0.2) is 30.3 Å². The first-order valence-electron chi connectivity index (χ1n) is 11.0. The number of carbonyl (C=O) groups excluding carboxylic acids is 2. The molecule has 1 aromatic heterocycles. The highest BCUT2D eigenvalue weighted by atomic mass is 16.5. The number of benzene rings is 1. The highest BCUT2D eigenvalue weighted by Crippen LogP contribution is 2.27. The Morgan fingerprint density at radius 2 is 2.13 bits per heavy atom. The van der Waals surface area contributed by atoms with E-state index >= 15 is 0 Å². The van der Waals surface area contributed by atoms with Crippen LogP contribution >= 0.6 is 0 Å². The molecule has 2 fully saturated rings. The number of carbonyl (C=O) groups is 2. The molecular weight excluding hydrogens is 394 g/mol. The van der Waals surface area contributed by atoms with Crippen molar-refractivity contribution in [3.63, 3.8) is 0 Å². The monoisotopic (exact) mass is 425 g/mol. The third-order valence-electron chi connectivity index (χ3n) is 5.93. The number of hydrogen-bond acceptors (Lipinski definition) is 6. The second kappa shape index (κ2) is 9.30. The predicted molar refractivity (Wildman–Crippen MR) is 118 cm³/mol. The van der Waals surface area contributed by atoms with E-state index in [0.29, 0.717) is 50.0 Å². The van der Waals surface area contributed by atoms with Gasteiger partial charge >= 0.3 is 0 Å². The number of amides is 2. The summed E-state index contributed by atoms with van der Waals surface area (Å²) in [6.07, 6.45) is -0.364. The highest BCUT2D eigenvalue weighted by Gasteiger charge is 2.36. The molecule has 0 aliphatic carbocycles. The molecule has 2 aliphatic heterocycles. The molecule has 3 N–H and O–H groups in total. The first-order valence-corrected chi connectivity index (χ1v) is 11.0. The number of nitrogens with one attached hydrogen (secondary N) is 3. The van der Waals surface area contributed by atoms with E-state index in [2.05, 4.69) is 30.0 Å². The molecule has 2 aromatic rings. The zero-order valence-corrected chi connectivity index (χ0v) is 18.4. The molecule has 2 saturated heterocycles. The van der Waals surface area contributed by atoms with E-state index in [1.54, 1.807) is 0 Å². The van der Waals surface area contributed by atoms with Gasteiger partial charge in [-0.1, -0.05) is 32.0 Å². The molecule has 8 nitrogen and oxygen atoms in total. The number of pyridine rings is 1. The smallest absolute Gasteiger partial charge is 0.252 e. The van der Waals surface area contributed by atoms with Crippen LogP contribution in [0.4, 0.5) is 0 Å². The molecule has 3 heterocycles. The lowest BCUT2D eigenvalue weighted by Crippen LogP contribution is -2.47. The third kappa shape index (κ3) is 4.71. The van der Waals surface area contributed by atoms with E-state index in [4.69, 9.17) is 9.72 Å². The SMILES string of the molecule is CC(C)CNC(=O)c1cc(C2CN(C(=O)C3CNNC3C)CCO2)nc2ccccc12. The van der Waals surface area contributed by atoms with Gasteiger partial charge in [-0.3, -0.25) is 20.4 Å². The molecule has 0 bridgehead atoms. The van der Waals surface area contributed by atoms with Crippen molar-refractivity contribution in [2.45, 2.75) is 32.9 Å². The molecule has 31 heavy (non-hydrogen) atoms. The maximum absolute atomic E-state index is 13.0. The number of aromatic nitrogens is 1. The van der Waals surface area contributed by atoms with E-state index in [1.165, 1.54) is 0 Å². The van der Waals surface area contributed by atoms with Gasteiger partial charge in [0.05, 0.1) is 35.8 Å². The molecule has 2 amide bonds. The van der Waals surface area contributed by atoms with E-state index in [-0.39, 0.29) is 29.9 Å². The standard InChI is InChI=1S/C23H31N5O3/c1-14(2)11-24-22(29)17-10-20(26-19-7-5-4-6-16(17)19)21-13-28(8-9-31-21)23(30)18-12-25-27-15(18)3/h4-7,10,14-15,18,21,25,27H,8-9,11-13H2,1-3H3,(H,24,29). The number of fused-ring (bicyclic) bond motifs is 1. The number of hydrogen-bond donors (Lipinski definition) is 3. The van der Waals surface area contributed by atoms with Crippen molar-refractivity contribution in [3.05, 3.63) is 41.6 Å². The normalized spacial score (nSPS) is 24.0. The predicted octanol–water partition coefficient (Wildman–Crippen LogP) is 1.63. The van der Waals surface area contributed by atoms with Gasteiger partial charge in [0.25, 0.3) is 5.91 Å². The Morgan fingerprint density at radius 3 is 2.87 bits per heavy atom. The van der Waals surface area contributed by atoms with E-state index in [9.17, 15) is 9.59 Å². The largest absolute Gasteiger partial charge is 0.368 e. The minimum Gasteiger partial charge on any atom is -0.368 e. The van der Waals surface area contributed by atoms with E-state index in [1.807, 2.05) is 42.2 Å². The van der Waals surface area contributed by atoms with Crippen LogP contribution in [0.25, 0.3) is 10.9 Å². The Morgan fingerprint density at radius 1 is 1.32 bits per heavy atom. The zero-order valence-electron chi connectivity index (χ0n) is 18.4. The molecule has 0 saturated carbocycles. The minimum absolute atomic E-state index is 0.0869. The van der Waals surface area contributed by atoms with Crippen LogP contribution in [0.1, 0.15) is 42.9 Å². The summed E-state index contributed by atoms with van der Waals surface area (Å²) in [6, 6.07) is 9.54. The van der Waals surface area contributed by atoms with Gasteiger partial charge in [-0.05, 0) is 25.0 Å². The van der Waals surface area contributed by atoms with Crippen molar-refractivity contribution >= 4 is 22.7 Å². The summed E-state index contributed by atoms with van der Waals surface area (Å²) in [5, 5.41) is 3.82. The summed E-state index contributed by atoms with van der Waals surface area (Å²) in [6.45, 7) is 8.80. The maximum atomic E-state index is 13.0. The number of hydrazine groups is 1. The van der Waals surface area contributed by atoms with E-state index in [0.717, 1.165) is 10.9 Å². The van der Waals surface area contributed by atoms with Crippen LogP contribution in [-0.4, -0.2) is 60.5 Å². The Labute approximate surface area is 182 Å². The zero-order chi connectivity index (χ0) is 22.0. The fourth-order valence-corrected chi connectivity index (χ4v) is 4.11. The van der Waals surface area contributed by atoms with Gasteiger partial charge in [0.1, 0.15) is 6.10 Å². The van der Waals surface area contributed by atoms with Crippen molar-refractivity contribution in [2.75, 3.05) is 32.8 Å². The van der Waals surface area contributed by atoms with E-state index < -0.39 is 0 Å². The fraction of sp³-hybridized carbons (Fsp3) is 0.522. The number of ether oxygens (including phenoxy) is 1. The summed E-state index contributed by atoms with van der Waals surface area (Å²) in [4.78, 5) is 32.6. The summed E-state index contributed by atoms with van der Waals surface area (Å²) in [5.41, 5.74) is 8.19. The highest BCUT2D eigenvalue weighted by molar-refractivity contribution is 6.06. The molecule has 3 unspecified atom stereocenters. The summed E-state index contributed by atoms with van der Waals surface area (Å²) < 4.78 is 6.00. The van der Waals surface area contributed by atoms with Crippen LogP contribution in [0.2, 0.25) is 0 Å². The molecule has 3 atom stereocenters. The Balaban J connectivity index is 1.59. The van der Waals surface area contributed by atoms with Gasteiger partial charge in [-0.2, -0.15) is 0 Å². The summed E-state index contributed by atoms with van der Waals surface area (Å²) in [7, 11) is 0. The number of para-hydroxylation sites is 1. The average molecular weight is 426 g/mol. The second-order valence-electron chi connectivity index (χ2n) is 8.78. The lowest BCUT2D eigenvalue weighted by atomic mass is 10.0. The fourth-order valence-electron chi connectivity index (χ4n) is 4.11.